The summed E-state index contributed by atoms with van der Waals surface area (Å²) < 4.78 is 2.70. The summed E-state index contributed by atoms with van der Waals surface area (Å²) in [5.74, 6) is 0. The number of aryl methyl sites for hydroxylation is 2. The van der Waals surface area contributed by atoms with Crippen molar-refractivity contribution in [2.24, 2.45) is 0 Å². The number of anilines is 8. The first-order chi connectivity index (χ1) is 37.2. The van der Waals surface area contributed by atoms with E-state index in [2.05, 4.69) is 271 Å². The minimum absolute atomic E-state index is 0.0204. The van der Waals surface area contributed by atoms with Crippen molar-refractivity contribution in [2.75, 3.05) is 14.6 Å². The van der Waals surface area contributed by atoms with Crippen molar-refractivity contribution in [1.29, 1.82) is 0 Å². The second-order valence-corrected chi connectivity index (χ2v) is 30.0. The third-order valence-corrected chi connectivity index (χ3v) is 20.6. The van der Waals surface area contributed by atoms with E-state index in [4.69, 9.17) is 0 Å². The Morgan fingerprint density at radius 1 is 0.481 bits per heavy atom. The summed E-state index contributed by atoms with van der Waals surface area (Å²) in [6.07, 6.45) is 4.67. The van der Waals surface area contributed by atoms with Crippen molar-refractivity contribution < 1.29 is 0 Å². The molecule has 3 nitrogen and oxygen atoms in total. The molecule has 400 valence electrons. The molecule has 1 aromatic heterocycles. The first kappa shape index (κ1) is 51.9. The molecule has 2 aliphatic carbocycles. The maximum atomic E-state index is 2.77. The third kappa shape index (κ3) is 8.16. The quantitative estimate of drug-likeness (QED) is 0.159. The van der Waals surface area contributed by atoms with Crippen LogP contribution in [0.15, 0.2) is 146 Å². The van der Waals surface area contributed by atoms with Crippen molar-refractivity contribution in [2.45, 2.75) is 169 Å². The summed E-state index contributed by atoms with van der Waals surface area (Å²) in [5.41, 5.74) is 26.4. The minimum atomic E-state index is -0.127. The fourth-order valence-electron chi connectivity index (χ4n) is 14.4. The van der Waals surface area contributed by atoms with Gasteiger partial charge in [0.25, 0.3) is 0 Å². The molecule has 0 fully saturated rings. The van der Waals surface area contributed by atoms with Crippen LogP contribution in [0.2, 0.25) is 0 Å². The molecular weight excluding hydrogens is 974 g/mol. The van der Waals surface area contributed by atoms with E-state index >= 15 is 0 Å². The molecule has 0 N–H and O–H groups in total. The smallest absolute Gasteiger partial charge is 0.333 e. The Kier molecular flexibility index (Phi) is 11.5. The highest BCUT2D eigenvalue weighted by atomic mass is 32.1. The molecule has 0 unspecified atom stereocenters. The predicted molar refractivity (Wildman–Crippen MR) is 345 cm³/mol. The Labute approximate surface area is 476 Å². The molecule has 3 heterocycles. The lowest BCUT2D eigenvalue weighted by Crippen LogP contribution is -2.61. The van der Waals surface area contributed by atoms with E-state index in [1.807, 2.05) is 11.3 Å². The Morgan fingerprint density at radius 2 is 1.06 bits per heavy atom. The maximum Gasteiger partial charge on any atom is 0.333 e. The first-order valence-corrected chi connectivity index (χ1v) is 30.2. The molecule has 4 aliphatic rings. The van der Waals surface area contributed by atoms with Crippen LogP contribution in [0.1, 0.15) is 167 Å². The average molecular weight is 1050 g/mol. The molecule has 2 aliphatic heterocycles. The van der Waals surface area contributed by atoms with Crippen LogP contribution in [0.4, 0.5) is 45.5 Å². The molecule has 0 radical (unpaired) electrons. The molecule has 9 aromatic rings. The van der Waals surface area contributed by atoms with Gasteiger partial charge in [0, 0.05) is 71.2 Å². The highest BCUT2D eigenvalue weighted by Gasteiger charge is 2.48. The predicted octanol–water partition coefficient (Wildman–Crippen LogP) is 20.1. The largest absolute Gasteiger partial charge is 0.376 e. The first-order valence-electron chi connectivity index (χ1n) is 29.4. The maximum absolute atomic E-state index is 2.77. The van der Waals surface area contributed by atoms with Gasteiger partial charge in [-0.2, -0.15) is 0 Å². The number of hydrogen-bond acceptors (Lipinski definition) is 4. The topological polar surface area (TPSA) is 9.72 Å². The van der Waals surface area contributed by atoms with Gasteiger partial charge in [-0.3, -0.25) is 0 Å². The van der Waals surface area contributed by atoms with Crippen LogP contribution >= 0.6 is 11.3 Å². The van der Waals surface area contributed by atoms with Crippen LogP contribution in [0.5, 0.6) is 0 Å². The number of benzene rings is 8. The van der Waals surface area contributed by atoms with E-state index in [-0.39, 0.29) is 39.3 Å². The van der Waals surface area contributed by atoms with Crippen molar-refractivity contribution in [3.63, 3.8) is 0 Å². The van der Waals surface area contributed by atoms with Crippen molar-refractivity contribution in [3.8, 4) is 11.1 Å². The van der Waals surface area contributed by atoms with Crippen LogP contribution < -0.4 is 25.5 Å². The summed E-state index contributed by atoms with van der Waals surface area (Å²) >= 11 is 1.96. The van der Waals surface area contributed by atoms with Crippen LogP contribution in [0.3, 0.4) is 0 Å². The van der Waals surface area contributed by atoms with E-state index in [0.29, 0.717) is 0 Å². The summed E-state index contributed by atoms with van der Waals surface area (Å²) in [4.78, 5) is 8.03. The summed E-state index contributed by atoms with van der Waals surface area (Å²) in [7, 11) is 0. The number of thiophene rings is 1. The summed E-state index contributed by atoms with van der Waals surface area (Å²) in [6, 6.07) is 57.9. The standard InChI is InChI=1S/C74H80BN3S/c1-45-37-55-66-61(32-29-54-53-25-17-18-26-65(53)79-68(54)66)78(52-27-30-56-58(42-52)73(13,14)34-33-71(56,9)10)75-60-31-28-51(76(49-23-19-21-47(40-49)69(3,4)5)50-24-20-22-48(41-50)70(6,7)8)43-63(60)77(64(38-45)67(55)75)62-44-59-57(39-46(62)2)72(11,12)35-36-74(59,15)16/h17-32,37-44H,33-36H2,1-16H3. The summed E-state index contributed by atoms with van der Waals surface area (Å²) in [5, 5.41) is 2.67. The van der Waals surface area contributed by atoms with Crippen molar-refractivity contribution >= 4 is 94.8 Å². The fourth-order valence-corrected chi connectivity index (χ4v) is 15.6. The Bertz CT molecular complexity index is 3940. The Morgan fingerprint density at radius 3 is 1.70 bits per heavy atom. The highest BCUT2D eigenvalue weighted by molar-refractivity contribution is 7.26. The van der Waals surface area contributed by atoms with Gasteiger partial charge in [-0.15, -0.1) is 11.3 Å². The van der Waals surface area contributed by atoms with Gasteiger partial charge in [0.1, 0.15) is 0 Å². The van der Waals surface area contributed by atoms with Gasteiger partial charge in [0.05, 0.1) is 0 Å². The lowest BCUT2D eigenvalue weighted by molar-refractivity contribution is 0.332. The zero-order valence-corrected chi connectivity index (χ0v) is 50.8. The number of rotatable bonds is 5. The van der Waals surface area contributed by atoms with E-state index in [1.165, 1.54) is 128 Å². The molecule has 0 bridgehead atoms. The zero-order valence-electron chi connectivity index (χ0n) is 50.0. The van der Waals surface area contributed by atoms with Gasteiger partial charge in [-0.05, 0) is 206 Å². The second kappa shape index (κ2) is 17.5. The van der Waals surface area contributed by atoms with E-state index in [9.17, 15) is 0 Å². The molecule has 0 saturated heterocycles. The van der Waals surface area contributed by atoms with E-state index < -0.39 is 0 Å². The normalized spacial score (nSPS) is 17.5. The van der Waals surface area contributed by atoms with E-state index in [1.54, 1.807) is 0 Å². The van der Waals surface area contributed by atoms with Gasteiger partial charge in [0.15, 0.2) is 0 Å². The monoisotopic (exact) mass is 1050 g/mol. The van der Waals surface area contributed by atoms with Crippen LogP contribution in [-0.2, 0) is 32.5 Å². The van der Waals surface area contributed by atoms with Gasteiger partial charge in [0.2, 0.25) is 0 Å². The molecule has 13 rings (SSSR count). The number of hydrogen-bond donors (Lipinski definition) is 0. The fraction of sp³-hybridized carbons (Fsp3) is 0.351. The summed E-state index contributed by atoms with van der Waals surface area (Å²) in [6.45, 7) is 38.3. The van der Waals surface area contributed by atoms with Crippen molar-refractivity contribution in [1.82, 2.24) is 0 Å². The second-order valence-electron chi connectivity index (χ2n) is 28.9. The minimum Gasteiger partial charge on any atom is -0.376 e. The Balaban J connectivity index is 1.15. The van der Waals surface area contributed by atoms with E-state index in [0.717, 1.165) is 29.9 Å². The molecule has 8 aromatic carbocycles. The molecule has 0 amide bonds. The van der Waals surface area contributed by atoms with Crippen LogP contribution in [-0.4, -0.2) is 6.85 Å². The lowest BCUT2D eigenvalue weighted by Gasteiger charge is -2.48. The lowest BCUT2D eigenvalue weighted by atomic mass is 9.43. The van der Waals surface area contributed by atoms with Crippen molar-refractivity contribution in [3.05, 3.63) is 190 Å². The molecule has 0 atom stereocenters. The highest BCUT2D eigenvalue weighted by Crippen LogP contribution is 2.56. The molecular formula is C74H80BN3S. The number of nitrogens with zero attached hydrogens (tertiary/aromatic N) is 3. The Hall–Kier alpha value is -6.56. The zero-order chi connectivity index (χ0) is 55.7. The molecule has 0 spiro atoms. The SMILES string of the molecule is Cc1cc2c3c(c1)N(c1cc4c(cc1C)C(C)(C)CCC4(C)C)c1cc(N(c4cccc(C(C)(C)C)c4)c4cccc(C(C)(C)C)c4)ccc1B3N(c1ccc3c(c1)C(C)(C)CCC3(C)C)c1ccc3c(sc4ccccc43)c1-2. The third-order valence-electron chi connectivity index (χ3n) is 19.4. The van der Waals surface area contributed by atoms with Gasteiger partial charge >= 0.3 is 6.85 Å². The average Bonchev–Trinajstić information content (AvgIpc) is 3.79. The van der Waals surface area contributed by atoms with Crippen LogP contribution in [0, 0.1) is 13.8 Å². The van der Waals surface area contributed by atoms with Crippen LogP contribution in [0.25, 0.3) is 31.3 Å². The molecule has 5 heteroatoms. The molecule has 79 heavy (non-hydrogen) atoms. The van der Waals surface area contributed by atoms with Gasteiger partial charge in [-0.25, -0.2) is 0 Å². The van der Waals surface area contributed by atoms with Gasteiger partial charge in [-0.1, -0.05) is 170 Å². The number of fused-ring (bicyclic) bond motifs is 10. The van der Waals surface area contributed by atoms with Gasteiger partial charge < -0.3 is 14.6 Å². The molecule has 0 saturated carbocycles.